The first kappa shape index (κ1) is 18.7. The van der Waals surface area contributed by atoms with Crippen molar-refractivity contribution in [1.82, 2.24) is 9.78 Å². The van der Waals surface area contributed by atoms with Crippen LogP contribution >= 0.6 is 0 Å². The van der Waals surface area contributed by atoms with Crippen molar-refractivity contribution in [2.75, 3.05) is 0 Å². The molecule has 3 aromatic carbocycles. The number of hydrogen-bond donors (Lipinski definition) is 1. The fraction of sp³-hybridized carbons (Fsp3) is 0.120. The number of hydrogen-bond acceptors (Lipinski definition) is 2. The summed E-state index contributed by atoms with van der Waals surface area (Å²) >= 11 is 0. The SMILES string of the molecule is CCc1c(C(=O)O)c(-c2ccc(-c3ccccc3)cc2)nn1-c1ccc(C)cc1. The minimum atomic E-state index is -0.956. The van der Waals surface area contributed by atoms with E-state index in [-0.39, 0.29) is 5.56 Å². The monoisotopic (exact) mass is 382 g/mol. The molecular formula is C25H22N2O2. The Morgan fingerprint density at radius 3 is 2.03 bits per heavy atom. The van der Waals surface area contributed by atoms with Crippen LogP contribution in [0.15, 0.2) is 78.9 Å². The molecule has 0 saturated heterocycles. The van der Waals surface area contributed by atoms with Gasteiger partial charge in [0.2, 0.25) is 0 Å². The van der Waals surface area contributed by atoms with E-state index in [1.54, 1.807) is 4.68 Å². The third-order valence-corrected chi connectivity index (χ3v) is 5.07. The van der Waals surface area contributed by atoms with Crippen LogP contribution in [0, 0.1) is 6.92 Å². The Labute approximate surface area is 170 Å². The predicted molar refractivity (Wildman–Crippen MR) is 116 cm³/mol. The second-order valence-electron chi connectivity index (χ2n) is 7.02. The van der Waals surface area contributed by atoms with Gasteiger partial charge in [-0.3, -0.25) is 0 Å². The Kier molecular flexibility index (Phi) is 5.00. The van der Waals surface area contributed by atoms with Crippen molar-refractivity contribution in [2.45, 2.75) is 20.3 Å². The Hall–Kier alpha value is -3.66. The van der Waals surface area contributed by atoms with Gasteiger partial charge < -0.3 is 5.11 Å². The molecule has 0 saturated carbocycles. The molecular weight excluding hydrogens is 360 g/mol. The molecule has 0 unspecified atom stereocenters. The molecule has 1 N–H and O–H groups in total. The summed E-state index contributed by atoms with van der Waals surface area (Å²) in [7, 11) is 0. The molecule has 0 aliphatic carbocycles. The van der Waals surface area contributed by atoms with Crippen LogP contribution in [0.4, 0.5) is 0 Å². The van der Waals surface area contributed by atoms with Gasteiger partial charge in [-0.15, -0.1) is 0 Å². The van der Waals surface area contributed by atoms with Crippen LogP contribution in [0.1, 0.15) is 28.5 Å². The summed E-state index contributed by atoms with van der Waals surface area (Å²) in [6.07, 6.45) is 0.574. The van der Waals surface area contributed by atoms with Crippen LogP contribution in [-0.2, 0) is 6.42 Å². The lowest BCUT2D eigenvalue weighted by atomic mass is 10.0. The van der Waals surface area contributed by atoms with Gasteiger partial charge in [0.15, 0.2) is 0 Å². The average Bonchev–Trinajstić information content (AvgIpc) is 3.15. The van der Waals surface area contributed by atoms with Crippen LogP contribution in [0.25, 0.3) is 28.1 Å². The molecule has 4 aromatic rings. The first-order chi connectivity index (χ1) is 14.1. The van der Waals surface area contributed by atoms with Crippen LogP contribution in [-0.4, -0.2) is 20.9 Å². The summed E-state index contributed by atoms with van der Waals surface area (Å²) in [5.41, 5.74) is 6.47. The van der Waals surface area contributed by atoms with Gasteiger partial charge in [0, 0.05) is 5.56 Å². The number of carbonyl (C=O) groups is 1. The molecule has 144 valence electrons. The highest BCUT2D eigenvalue weighted by atomic mass is 16.4. The summed E-state index contributed by atoms with van der Waals surface area (Å²) in [4.78, 5) is 12.1. The molecule has 0 fully saturated rings. The van der Waals surface area contributed by atoms with E-state index < -0.39 is 5.97 Å². The first-order valence-corrected chi connectivity index (χ1v) is 9.66. The second-order valence-corrected chi connectivity index (χ2v) is 7.02. The van der Waals surface area contributed by atoms with Crippen LogP contribution in [0.5, 0.6) is 0 Å². The van der Waals surface area contributed by atoms with Gasteiger partial charge in [-0.05, 0) is 36.6 Å². The van der Waals surface area contributed by atoms with Crippen LogP contribution in [0.2, 0.25) is 0 Å². The molecule has 4 heteroatoms. The van der Waals surface area contributed by atoms with Gasteiger partial charge in [-0.25, -0.2) is 9.48 Å². The van der Waals surface area contributed by atoms with Crippen molar-refractivity contribution in [3.8, 4) is 28.1 Å². The number of carboxylic acids is 1. The Morgan fingerprint density at radius 2 is 1.45 bits per heavy atom. The van der Waals surface area contributed by atoms with E-state index >= 15 is 0 Å². The lowest BCUT2D eigenvalue weighted by Gasteiger charge is -2.06. The summed E-state index contributed by atoms with van der Waals surface area (Å²) in [5.74, 6) is -0.956. The molecule has 0 amide bonds. The van der Waals surface area contributed by atoms with E-state index in [2.05, 4.69) is 12.1 Å². The second kappa shape index (κ2) is 7.76. The number of aromatic carboxylic acids is 1. The highest BCUT2D eigenvalue weighted by Gasteiger charge is 2.24. The number of nitrogens with zero attached hydrogens (tertiary/aromatic N) is 2. The molecule has 0 aliphatic rings. The lowest BCUT2D eigenvalue weighted by molar-refractivity contribution is 0.0696. The van der Waals surface area contributed by atoms with Gasteiger partial charge in [-0.1, -0.05) is 79.2 Å². The molecule has 0 radical (unpaired) electrons. The van der Waals surface area contributed by atoms with Crippen molar-refractivity contribution in [3.05, 3.63) is 95.7 Å². The van der Waals surface area contributed by atoms with Gasteiger partial charge in [-0.2, -0.15) is 5.10 Å². The molecule has 1 aromatic heterocycles. The zero-order valence-corrected chi connectivity index (χ0v) is 16.5. The zero-order valence-electron chi connectivity index (χ0n) is 16.5. The lowest BCUT2D eigenvalue weighted by Crippen LogP contribution is -2.05. The molecule has 0 bridgehead atoms. The molecule has 4 rings (SSSR count). The fourth-order valence-corrected chi connectivity index (χ4v) is 3.56. The normalized spacial score (nSPS) is 10.8. The van der Waals surface area contributed by atoms with E-state index in [9.17, 15) is 9.90 Å². The summed E-state index contributed by atoms with van der Waals surface area (Å²) < 4.78 is 1.75. The Bertz CT molecular complexity index is 1140. The molecule has 1 heterocycles. The quantitative estimate of drug-likeness (QED) is 0.476. The van der Waals surface area contributed by atoms with Crippen molar-refractivity contribution in [2.24, 2.45) is 0 Å². The van der Waals surface area contributed by atoms with Gasteiger partial charge in [0.25, 0.3) is 0 Å². The van der Waals surface area contributed by atoms with Crippen molar-refractivity contribution in [3.63, 3.8) is 0 Å². The van der Waals surface area contributed by atoms with Gasteiger partial charge in [0.05, 0.1) is 11.4 Å². The summed E-state index contributed by atoms with van der Waals surface area (Å²) in [5, 5.41) is 14.6. The highest BCUT2D eigenvalue weighted by Crippen LogP contribution is 2.30. The molecule has 0 aliphatic heterocycles. The number of rotatable bonds is 5. The molecule has 4 nitrogen and oxygen atoms in total. The largest absolute Gasteiger partial charge is 0.478 e. The summed E-state index contributed by atoms with van der Waals surface area (Å²) in [6, 6.07) is 25.9. The van der Waals surface area contributed by atoms with E-state index in [4.69, 9.17) is 5.10 Å². The number of aryl methyl sites for hydroxylation is 1. The van der Waals surface area contributed by atoms with Crippen molar-refractivity contribution >= 4 is 5.97 Å². The van der Waals surface area contributed by atoms with Crippen LogP contribution in [0.3, 0.4) is 0 Å². The minimum Gasteiger partial charge on any atom is -0.478 e. The maximum atomic E-state index is 12.1. The third kappa shape index (κ3) is 3.57. The number of benzene rings is 3. The molecule has 0 atom stereocenters. The first-order valence-electron chi connectivity index (χ1n) is 9.66. The summed E-state index contributed by atoms with van der Waals surface area (Å²) in [6.45, 7) is 3.98. The van der Waals surface area contributed by atoms with Gasteiger partial charge in [0.1, 0.15) is 11.3 Å². The number of aromatic nitrogens is 2. The maximum absolute atomic E-state index is 12.1. The third-order valence-electron chi connectivity index (χ3n) is 5.07. The zero-order chi connectivity index (χ0) is 20.4. The van der Waals surface area contributed by atoms with Crippen LogP contribution < -0.4 is 0 Å². The Morgan fingerprint density at radius 1 is 0.862 bits per heavy atom. The molecule has 29 heavy (non-hydrogen) atoms. The highest BCUT2D eigenvalue weighted by molar-refractivity contribution is 5.96. The smallest absolute Gasteiger partial charge is 0.339 e. The van der Waals surface area contributed by atoms with E-state index in [0.717, 1.165) is 27.9 Å². The van der Waals surface area contributed by atoms with E-state index in [0.29, 0.717) is 17.8 Å². The topological polar surface area (TPSA) is 55.1 Å². The fourth-order valence-electron chi connectivity index (χ4n) is 3.56. The van der Waals surface area contributed by atoms with Crippen molar-refractivity contribution < 1.29 is 9.90 Å². The molecule has 0 spiro atoms. The Balaban J connectivity index is 1.83. The van der Waals surface area contributed by atoms with E-state index in [1.807, 2.05) is 80.6 Å². The predicted octanol–water partition coefficient (Wildman–Crippen LogP) is 5.78. The van der Waals surface area contributed by atoms with E-state index in [1.165, 1.54) is 0 Å². The van der Waals surface area contributed by atoms with Gasteiger partial charge >= 0.3 is 5.97 Å². The minimum absolute atomic E-state index is 0.264. The number of carboxylic acid groups (broad SMARTS) is 1. The average molecular weight is 382 g/mol. The van der Waals surface area contributed by atoms with Crippen molar-refractivity contribution in [1.29, 1.82) is 0 Å². The maximum Gasteiger partial charge on any atom is 0.339 e. The standard InChI is InChI=1S/C25H22N2O2/c1-3-22-23(25(28)29)24(26-27(22)21-15-9-17(2)10-16-21)20-13-11-19(12-14-20)18-7-5-4-6-8-18/h4-16H,3H2,1-2H3,(H,28,29).